The summed E-state index contributed by atoms with van der Waals surface area (Å²) in [5.41, 5.74) is 7.84. The maximum absolute atomic E-state index is 5.64. The number of hydrogen-bond acceptors (Lipinski definition) is 3. The predicted molar refractivity (Wildman–Crippen MR) is 87.8 cm³/mol. The van der Waals surface area contributed by atoms with Gasteiger partial charge in [0.15, 0.2) is 0 Å². The molecule has 2 N–H and O–H groups in total. The van der Waals surface area contributed by atoms with Crippen molar-refractivity contribution < 1.29 is 0 Å². The Bertz CT molecular complexity index is 587. The number of rotatable bonds is 7. The van der Waals surface area contributed by atoms with E-state index in [1.807, 2.05) is 12.1 Å². The van der Waals surface area contributed by atoms with Crippen LogP contribution in [0, 0.1) is 0 Å². The lowest BCUT2D eigenvalue weighted by atomic mass is 10.3. The number of hydrogen-bond donors (Lipinski definition) is 1. The first-order valence-electron chi connectivity index (χ1n) is 7.10. The number of nitrogens with two attached hydrogens (primary N) is 1. The molecule has 0 saturated carbocycles. The fraction of sp³-hybridized carbons (Fsp3) is 0.467. The summed E-state index contributed by atoms with van der Waals surface area (Å²) >= 11 is 5.00. The van der Waals surface area contributed by atoms with Crippen molar-refractivity contribution in [3.63, 3.8) is 0 Å². The highest BCUT2D eigenvalue weighted by Gasteiger charge is 2.12. The van der Waals surface area contributed by atoms with Gasteiger partial charge in [-0.2, -0.15) is 0 Å². The first-order valence-corrected chi connectivity index (χ1v) is 7.51. The molecule has 5 heteroatoms. The maximum Gasteiger partial charge on any atom is 0.124 e. The SMILES string of the molecule is CCN(CC)Cc1nc2ccccc2n1CCC(N)=S. The van der Waals surface area contributed by atoms with Gasteiger partial charge in [-0.3, -0.25) is 4.90 Å². The summed E-state index contributed by atoms with van der Waals surface area (Å²) in [5.74, 6) is 1.09. The summed E-state index contributed by atoms with van der Waals surface area (Å²) in [6, 6.07) is 8.23. The van der Waals surface area contributed by atoms with Crippen molar-refractivity contribution in [1.29, 1.82) is 0 Å². The second kappa shape index (κ2) is 6.81. The van der Waals surface area contributed by atoms with Crippen molar-refractivity contribution in [3.05, 3.63) is 30.1 Å². The molecule has 20 heavy (non-hydrogen) atoms. The number of aryl methyl sites for hydroxylation is 1. The van der Waals surface area contributed by atoms with Crippen LogP contribution < -0.4 is 5.73 Å². The average molecular weight is 290 g/mol. The van der Waals surface area contributed by atoms with Crippen molar-refractivity contribution in [1.82, 2.24) is 14.5 Å². The van der Waals surface area contributed by atoms with Gasteiger partial charge in [0.25, 0.3) is 0 Å². The van der Waals surface area contributed by atoms with Gasteiger partial charge < -0.3 is 10.3 Å². The minimum atomic E-state index is 0.552. The maximum atomic E-state index is 5.64. The lowest BCUT2D eigenvalue weighted by molar-refractivity contribution is 0.284. The van der Waals surface area contributed by atoms with Crippen LogP contribution in [0.3, 0.4) is 0 Å². The van der Waals surface area contributed by atoms with Crippen molar-refractivity contribution in [3.8, 4) is 0 Å². The highest BCUT2D eigenvalue weighted by atomic mass is 32.1. The van der Waals surface area contributed by atoms with Gasteiger partial charge in [0.05, 0.1) is 22.6 Å². The second-order valence-electron chi connectivity index (χ2n) is 4.85. The largest absolute Gasteiger partial charge is 0.393 e. The van der Waals surface area contributed by atoms with Crippen LogP contribution in [0.2, 0.25) is 0 Å². The lowest BCUT2D eigenvalue weighted by Crippen LogP contribution is -2.24. The molecule has 0 saturated heterocycles. The molecule has 0 fully saturated rings. The first kappa shape index (κ1) is 14.9. The third-order valence-corrected chi connectivity index (χ3v) is 3.78. The fourth-order valence-corrected chi connectivity index (χ4v) is 2.46. The van der Waals surface area contributed by atoms with Gasteiger partial charge in [0.2, 0.25) is 0 Å². The molecule has 0 amide bonds. The minimum absolute atomic E-state index is 0.552. The highest BCUT2D eigenvalue weighted by Crippen LogP contribution is 2.17. The van der Waals surface area contributed by atoms with E-state index in [0.29, 0.717) is 11.4 Å². The second-order valence-corrected chi connectivity index (χ2v) is 5.37. The van der Waals surface area contributed by atoms with Gasteiger partial charge >= 0.3 is 0 Å². The van der Waals surface area contributed by atoms with Gasteiger partial charge in [0, 0.05) is 13.0 Å². The van der Waals surface area contributed by atoms with Crippen molar-refractivity contribution in [2.75, 3.05) is 13.1 Å². The number of aromatic nitrogens is 2. The van der Waals surface area contributed by atoms with Gasteiger partial charge in [-0.15, -0.1) is 0 Å². The van der Waals surface area contributed by atoms with E-state index in [9.17, 15) is 0 Å². The molecule has 4 nitrogen and oxygen atoms in total. The quantitative estimate of drug-likeness (QED) is 0.796. The van der Waals surface area contributed by atoms with Crippen molar-refractivity contribution in [2.45, 2.75) is 33.4 Å². The van der Waals surface area contributed by atoms with Crippen LogP contribution in [0.15, 0.2) is 24.3 Å². The molecule has 1 aromatic carbocycles. The molecule has 0 aliphatic rings. The molecule has 0 unspecified atom stereocenters. The van der Waals surface area contributed by atoms with E-state index in [4.69, 9.17) is 22.9 Å². The van der Waals surface area contributed by atoms with E-state index in [2.05, 4.69) is 35.4 Å². The summed E-state index contributed by atoms with van der Waals surface area (Å²) < 4.78 is 2.24. The Morgan fingerprint density at radius 2 is 2.00 bits per heavy atom. The summed E-state index contributed by atoms with van der Waals surface area (Å²) in [4.78, 5) is 7.68. The van der Waals surface area contributed by atoms with E-state index in [1.54, 1.807) is 0 Å². The van der Waals surface area contributed by atoms with Crippen LogP contribution >= 0.6 is 12.2 Å². The highest BCUT2D eigenvalue weighted by molar-refractivity contribution is 7.80. The van der Waals surface area contributed by atoms with E-state index < -0.39 is 0 Å². The smallest absolute Gasteiger partial charge is 0.124 e. The number of thiocarbonyl (C=S) groups is 1. The van der Waals surface area contributed by atoms with Crippen LogP contribution in [0.5, 0.6) is 0 Å². The van der Waals surface area contributed by atoms with Crippen LogP contribution in [-0.4, -0.2) is 32.5 Å². The molecule has 0 atom stereocenters. The summed E-state index contributed by atoms with van der Waals surface area (Å²) in [6.45, 7) is 8.05. The van der Waals surface area contributed by atoms with Crippen molar-refractivity contribution >= 4 is 28.2 Å². The molecule has 2 aromatic rings. The lowest BCUT2D eigenvalue weighted by Gasteiger charge is -2.18. The molecule has 2 rings (SSSR count). The molecule has 1 heterocycles. The third-order valence-electron chi connectivity index (χ3n) is 3.57. The summed E-state index contributed by atoms with van der Waals surface area (Å²) in [7, 11) is 0. The minimum Gasteiger partial charge on any atom is -0.393 e. The standard InChI is InChI=1S/C15H22N4S/c1-3-18(4-2)11-15-17-12-7-5-6-8-13(12)19(15)10-9-14(16)20/h5-8H,3-4,9-11H2,1-2H3,(H2,16,20). The van der Waals surface area contributed by atoms with Gasteiger partial charge in [-0.05, 0) is 25.2 Å². The Morgan fingerprint density at radius 3 is 2.65 bits per heavy atom. The Balaban J connectivity index is 2.35. The van der Waals surface area contributed by atoms with E-state index in [1.165, 1.54) is 0 Å². The number of fused-ring (bicyclic) bond motifs is 1. The number of nitrogens with zero attached hydrogens (tertiary/aromatic N) is 3. The summed E-state index contributed by atoms with van der Waals surface area (Å²) in [6.07, 6.45) is 0.709. The van der Waals surface area contributed by atoms with E-state index >= 15 is 0 Å². The Morgan fingerprint density at radius 1 is 1.30 bits per heavy atom. The number of imidazole rings is 1. The van der Waals surface area contributed by atoms with Crippen LogP contribution in [0.1, 0.15) is 26.1 Å². The fourth-order valence-electron chi connectivity index (χ4n) is 2.36. The molecule has 0 aliphatic heterocycles. The predicted octanol–water partition coefficient (Wildman–Crippen LogP) is 2.55. The molecule has 0 bridgehead atoms. The molecule has 0 radical (unpaired) electrons. The molecule has 108 valence electrons. The van der Waals surface area contributed by atoms with Gasteiger partial charge in [-0.25, -0.2) is 4.98 Å². The first-order chi connectivity index (χ1) is 9.65. The molecular formula is C15H22N4S. The molecular weight excluding hydrogens is 268 g/mol. The zero-order valence-corrected chi connectivity index (χ0v) is 13.0. The Hall–Kier alpha value is -1.46. The number of benzene rings is 1. The average Bonchev–Trinajstić information content (AvgIpc) is 2.79. The Kier molecular flexibility index (Phi) is 5.09. The Labute approximate surface area is 125 Å². The van der Waals surface area contributed by atoms with Crippen molar-refractivity contribution in [2.24, 2.45) is 5.73 Å². The number of para-hydroxylation sites is 2. The van der Waals surface area contributed by atoms with E-state index in [-0.39, 0.29) is 0 Å². The molecule has 0 spiro atoms. The van der Waals surface area contributed by atoms with Crippen LogP contribution in [-0.2, 0) is 13.1 Å². The van der Waals surface area contributed by atoms with Gasteiger partial charge in [0.1, 0.15) is 5.82 Å². The molecule has 1 aromatic heterocycles. The van der Waals surface area contributed by atoms with Gasteiger partial charge in [-0.1, -0.05) is 38.2 Å². The zero-order valence-electron chi connectivity index (χ0n) is 12.2. The molecule has 0 aliphatic carbocycles. The summed E-state index contributed by atoms with van der Waals surface area (Å²) in [5, 5.41) is 0. The normalized spacial score (nSPS) is 11.3. The zero-order chi connectivity index (χ0) is 14.5. The van der Waals surface area contributed by atoms with Crippen LogP contribution in [0.25, 0.3) is 11.0 Å². The van der Waals surface area contributed by atoms with E-state index in [0.717, 1.165) is 43.0 Å². The topological polar surface area (TPSA) is 47.1 Å². The third kappa shape index (κ3) is 3.35. The van der Waals surface area contributed by atoms with Crippen LogP contribution in [0.4, 0.5) is 0 Å². The monoisotopic (exact) mass is 290 g/mol.